The van der Waals surface area contributed by atoms with Crippen molar-refractivity contribution in [3.05, 3.63) is 35.9 Å². The predicted molar refractivity (Wildman–Crippen MR) is 63.2 cm³/mol. The molecule has 1 aromatic carbocycles. The second-order valence-electron chi connectivity index (χ2n) is 4.62. The molecule has 2 aliphatic heterocycles. The van der Waals surface area contributed by atoms with Gasteiger partial charge in [-0.15, -0.1) is 0 Å². The van der Waals surface area contributed by atoms with Gasteiger partial charge in [-0.3, -0.25) is 4.90 Å². The first kappa shape index (κ1) is 10.3. The fourth-order valence-corrected chi connectivity index (χ4v) is 2.67. The number of piperazine rings is 1. The fraction of sp³-hybridized carbons (Fsp3) is 0.538. The topological polar surface area (TPSA) is 24.5 Å². The van der Waals surface area contributed by atoms with E-state index in [0.29, 0.717) is 12.1 Å². The molecule has 0 radical (unpaired) electrons. The van der Waals surface area contributed by atoms with Crippen LogP contribution in [0.4, 0.5) is 0 Å². The minimum absolute atomic E-state index is 0.539. The third kappa shape index (κ3) is 1.98. The quantitative estimate of drug-likeness (QED) is 0.797. The number of hydrogen-bond acceptors (Lipinski definition) is 3. The summed E-state index contributed by atoms with van der Waals surface area (Å²) in [5.41, 5.74) is 1.40. The lowest BCUT2D eigenvalue weighted by molar-refractivity contribution is 0.123. The Morgan fingerprint density at radius 2 is 2.12 bits per heavy atom. The van der Waals surface area contributed by atoms with Crippen LogP contribution in [0.15, 0.2) is 30.3 Å². The SMILES string of the molecule is c1ccc(CN2CCNC3COCC32)cc1. The van der Waals surface area contributed by atoms with Gasteiger partial charge in [0.2, 0.25) is 0 Å². The van der Waals surface area contributed by atoms with E-state index >= 15 is 0 Å². The van der Waals surface area contributed by atoms with Crippen LogP contribution in [0.2, 0.25) is 0 Å². The summed E-state index contributed by atoms with van der Waals surface area (Å²) in [6.07, 6.45) is 0. The van der Waals surface area contributed by atoms with Crippen LogP contribution >= 0.6 is 0 Å². The van der Waals surface area contributed by atoms with Crippen molar-refractivity contribution in [2.45, 2.75) is 18.6 Å². The minimum atomic E-state index is 0.539. The van der Waals surface area contributed by atoms with E-state index in [2.05, 4.69) is 40.5 Å². The number of nitrogens with zero attached hydrogens (tertiary/aromatic N) is 1. The van der Waals surface area contributed by atoms with Crippen molar-refractivity contribution in [3.63, 3.8) is 0 Å². The van der Waals surface area contributed by atoms with Crippen LogP contribution in [0.1, 0.15) is 5.56 Å². The van der Waals surface area contributed by atoms with E-state index in [1.165, 1.54) is 5.56 Å². The van der Waals surface area contributed by atoms with Crippen molar-refractivity contribution in [1.29, 1.82) is 0 Å². The van der Waals surface area contributed by atoms with Crippen molar-refractivity contribution >= 4 is 0 Å². The smallest absolute Gasteiger partial charge is 0.0638 e. The molecule has 3 heteroatoms. The van der Waals surface area contributed by atoms with Crippen LogP contribution in [-0.2, 0) is 11.3 Å². The number of ether oxygens (including phenoxy) is 1. The third-order valence-corrected chi connectivity index (χ3v) is 3.55. The highest BCUT2D eigenvalue weighted by Gasteiger charge is 2.35. The maximum Gasteiger partial charge on any atom is 0.0638 e. The van der Waals surface area contributed by atoms with Crippen molar-refractivity contribution in [2.75, 3.05) is 26.3 Å². The molecule has 2 atom stereocenters. The molecule has 1 N–H and O–H groups in total. The molecule has 2 unspecified atom stereocenters. The first-order valence-electron chi connectivity index (χ1n) is 6.02. The van der Waals surface area contributed by atoms with Crippen LogP contribution in [0.3, 0.4) is 0 Å². The third-order valence-electron chi connectivity index (χ3n) is 3.55. The molecule has 3 nitrogen and oxygen atoms in total. The number of hydrogen-bond donors (Lipinski definition) is 1. The van der Waals surface area contributed by atoms with Crippen molar-refractivity contribution in [3.8, 4) is 0 Å². The highest BCUT2D eigenvalue weighted by molar-refractivity contribution is 5.15. The first-order chi connectivity index (χ1) is 7.93. The maximum absolute atomic E-state index is 5.56. The molecular formula is C13H18N2O. The molecule has 86 valence electrons. The molecule has 2 saturated heterocycles. The summed E-state index contributed by atoms with van der Waals surface area (Å²) in [4.78, 5) is 2.55. The van der Waals surface area contributed by atoms with Gasteiger partial charge in [-0.25, -0.2) is 0 Å². The Morgan fingerprint density at radius 3 is 3.00 bits per heavy atom. The molecule has 1 aromatic rings. The number of fused-ring (bicyclic) bond motifs is 1. The van der Waals surface area contributed by atoms with E-state index in [9.17, 15) is 0 Å². The molecule has 0 saturated carbocycles. The van der Waals surface area contributed by atoms with Crippen molar-refractivity contribution in [1.82, 2.24) is 10.2 Å². The zero-order chi connectivity index (χ0) is 10.8. The molecule has 2 aliphatic rings. The van der Waals surface area contributed by atoms with Gasteiger partial charge in [0.1, 0.15) is 0 Å². The van der Waals surface area contributed by atoms with Crippen molar-refractivity contribution in [2.24, 2.45) is 0 Å². The van der Waals surface area contributed by atoms with E-state index in [-0.39, 0.29) is 0 Å². The zero-order valence-electron chi connectivity index (χ0n) is 9.43. The normalized spacial score (nSPS) is 30.2. The van der Waals surface area contributed by atoms with Gasteiger partial charge in [0.05, 0.1) is 19.3 Å². The van der Waals surface area contributed by atoms with Gasteiger partial charge in [0, 0.05) is 25.7 Å². The number of benzene rings is 1. The van der Waals surface area contributed by atoms with E-state index in [0.717, 1.165) is 32.8 Å². The Kier molecular flexibility index (Phi) is 2.91. The van der Waals surface area contributed by atoms with Gasteiger partial charge in [-0.1, -0.05) is 30.3 Å². The van der Waals surface area contributed by atoms with Gasteiger partial charge < -0.3 is 10.1 Å². The van der Waals surface area contributed by atoms with E-state index < -0.39 is 0 Å². The average Bonchev–Trinajstić information content (AvgIpc) is 2.80. The Bertz CT molecular complexity index is 341. The standard InChI is InChI=1S/C13H18N2O/c1-2-4-11(5-3-1)8-15-7-6-14-12-9-16-10-13(12)15/h1-5,12-14H,6-10H2. The Labute approximate surface area is 96.4 Å². The predicted octanol–water partition coefficient (Wildman–Crippen LogP) is 0.859. The molecule has 0 amide bonds. The summed E-state index contributed by atoms with van der Waals surface area (Å²) in [6.45, 7) is 5.00. The van der Waals surface area contributed by atoms with Crippen LogP contribution in [0.5, 0.6) is 0 Å². The maximum atomic E-state index is 5.56. The van der Waals surface area contributed by atoms with Crippen molar-refractivity contribution < 1.29 is 4.74 Å². The Hall–Kier alpha value is -0.900. The summed E-state index contributed by atoms with van der Waals surface area (Å²) in [5.74, 6) is 0. The van der Waals surface area contributed by atoms with Crippen LogP contribution in [-0.4, -0.2) is 43.3 Å². The highest BCUT2D eigenvalue weighted by atomic mass is 16.5. The second kappa shape index (κ2) is 4.53. The summed E-state index contributed by atoms with van der Waals surface area (Å²) in [5, 5.41) is 3.53. The second-order valence-corrected chi connectivity index (χ2v) is 4.62. The molecule has 0 spiro atoms. The average molecular weight is 218 g/mol. The largest absolute Gasteiger partial charge is 0.378 e. The molecule has 2 fully saturated rings. The number of nitrogens with one attached hydrogen (secondary N) is 1. The van der Waals surface area contributed by atoms with Gasteiger partial charge in [0.25, 0.3) is 0 Å². The summed E-state index contributed by atoms with van der Waals surface area (Å²) < 4.78 is 5.56. The molecule has 2 heterocycles. The van der Waals surface area contributed by atoms with Crippen LogP contribution in [0, 0.1) is 0 Å². The summed E-state index contributed by atoms with van der Waals surface area (Å²) in [6, 6.07) is 11.8. The van der Waals surface area contributed by atoms with Crippen LogP contribution in [0.25, 0.3) is 0 Å². The first-order valence-corrected chi connectivity index (χ1v) is 6.02. The zero-order valence-corrected chi connectivity index (χ0v) is 9.43. The van der Waals surface area contributed by atoms with Crippen LogP contribution < -0.4 is 5.32 Å². The van der Waals surface area contributed by atoms with Gasteiger partial charge in [-0.2, -0.15) is 0 Å². The fourth-order valence-electron chi connectivity index (χ4n) is 2.67. The number of rotatable bonds is 2. The van der Waals surface area contributed by atoms with E-state index in [4.69, 9.17) is 4.74 Å². The Balaban J connectivity index is 1.70. The van der Waals surface area contributed by atoms with Gasteiger partial charge in [0.15, 0.2) is 0 Å². The highest BCUT2D eigenvalue weighted by Crippen LogP contribution is 2.18. The molecule has 16 heavy (non-hydrogen) atoms. The molecule has 3 rings (SSSR count). The van der Waals surface area contributed by atoms with Gasteiger partial charge in [-0.05, 0) is 5.56 Å². The lowest BCUT2D eigenvalue weighted by Gasteiger charge is -2.37. The molecular weight excluding hydrogens is 200 g/mol. The van der Waals surface area contributed by atoms with Gasteiger partial charge >= 0.3 is 0 Å². The minimum Gasteiger partial charge on any atom is -0.378 e. The Morgan fingerprint density at radius 1 is 1.25 bits per heavy atom. The monoisotopic (exact) mass is 218 g/mol. The van der Waals surface area contributed by atoms with E-state index in [1.54, 1.807) is 0 Å². The summed E-state index contributed by atoms with van der Waals surface area (Å²) in [7, 11) is 0. The lowest BCUT2D eigenvalue weighted by atomic mass is 10.1. The summed E-state index contributed by atoms with van der Waals surface area (Å²) >= 11 is 0. The molecule has 0 bridgehead atoms. The molecule has 0 aromatic heterocycles. The lowest BCUT2D eigenvalue weighted by Crippen LogP contribution is -2.56. The molecule has 0 aliphatic carbocycles. The van der Waals surface area contributed by atoms with E-state index in [1.807, 2.05) is 0 Å².